The third kappa shape index (κ3) is 1.85. The Labute approximate surface area is 115 Å². The third-order valence-corrected chi connectivity index (χ3v) is 4.73. The highest BCUT2D eigenvalue weighted by molar-refractivity contribution is 9.10. The Morgan fingerprint density at radius 2 is 2.22 bits per heavy atom. The standard InChI is InChI=1S/C15H15BrN2/c1-10-12(9-15(5-6-15)7-8-17)11-3-2-4-13(16)14(11)18-10/h2-4,18H,5-7,9H2,1H3. The molecule has 0 atom stereocenters. The highest BCUT2D eigenvalue weighted by atomic mass is 79.9. The van der Waals surface area contributed by atoms with Crippen molar-refractivity contribution in [3.8, 4) is 6.07 Å². The molecule has 3 heteroatoms. The lowest BCUT2D eigenvalue weighted by atomic mass is 9.92. The summed E-state index contributed by atoms with van der Waals surface area (Å²) < 4.78 is 1.11. The Kier molecular flexibility index (Phi) is 2.71. The molecule has 0 saturated heterocycles. The van der Waals surface area contributed by atoms with Crippen LogP contribution in [0.25, 0.3) is 10.9 Å². The van der Waals surface area contributed by atoms with E-state index in [0.717, 1.165) is 10.9 Å². The number of nitrogens with zero attached hydrogens (tertiary/aromatic N) is 1. The van der Waals surface area contributed by atoms with Gasteiger partial charge in [-0.15, -0.1) is 0 Å². The smallest absolute Gasteiger partial charge is 0.0627 e. The van der Waals surface area contributed by atoms with Crippen LogP contribution in [0.4, 0.5) is 0 Å². The maximum atomic E-state index is 8.93. The van der Waals surface area contributed by atoms with E-state index < -0.39 is 0 Å². The van der Waals surface area contributed by atoms with E-state index in [1.165, 1.54) is 35.0 Å². The number of halogens is 1. The van der Waals surface area contributed by atoms with Crippen LogP contribution in [0.2, 0.25) is 0 Å². The van der Waals surface area contributed by atoms with E-state index in [4.69, 9.17) is 5.26 Å². The second-order valence-electron chi connectivity index (χ2n) is 5.40. The molecule has 0 unspecified atom stereocenters. The van der Waals surface area contributed by atoms with Crippen molar-refractivity contribution in [1.29, 1.82) is 5.26 Å². The zero-order valence-corrected chi connectivity index (χ0v) is 12.0. The van der Waals surface area contributed by atoms with Crippen LogP contribution in [0.1, 0.15) is 30.5 Å². The second kappa shape index (κ2) is 4.13. The Morgan fingerprint density at radius 3 is 2.89 bits per heavy atom. The van der Waals surface area contributed by atoms with Crippen molar-refractivity contribution < 1.29 is 0 Å². The number of hydrogen-bond acceptors (Lipinski definition) is 1. The number of aromatic amines is 1. The number of benzene rings is 1. The Hall–Kier alpha value is -1.27. The van der Waals surface area contributed by atoms with Gasteiger partial charge in [0.15, 0.2) is 0 Å². The zero-order chi connectivity index (χ0) is 12.8. The molecule has 1 fully saturated rings. The first-order chi connectivity index (χ1) is 8.65. The van der Waals surface area contributed by atoms with E-state index >= 15 is 0 Å². The fourth-order valence-electron chi connectivity index (χ4n) is 2.73. The van der Waals surface area contributed by atoms with E-state index in [2.05, 4.69) is 52.1 Å². The number of aromatic nitrogens is 1. The summed E-state index contributed by atoms with van der Waals surface area (Å²) >= 11 is 3.59. The number of hydrogen-bond donors (Lipinski definition) is 1. The van der Waals surface area contributed by atoms with E-state index in [1.807, 2.05) is 0 Å². The number of rotatable bonds is 3. The summed E-state index contributed by atoms with van der Waals surface area (Å²) in [5.74, 6) is 0. The minimum absolute atomic E-state index is 0.261. The van der Waals surface area contributed by atoms with Gasteiger partial charge >= 0.3 is 0 Å². The second-order valence-corrected chi connectivity index (χ2v) is 6.26. The highest BCUT2D eigenvalue weighted by Gasteiger charge is 2.43. The van der Waals surface area contributed by atoms with E-state index in [-0.39, 0.29) is 5.41 Å². The molecule has 0 spiro atoms. The van der Waals surface area contributed by atoms with Gasteiger partial charge in [-0.2, -0.15) is 5.26 Å². The number of fused-ring (bicyclic) bond motifs is 1. The Balaban J connectivity index is 2.05. The Bertz CT molecular complexity index is 644. The first kappa shape index (κ1) is 11.8. The molecule has 3 rings (SSSR count). The van der Waals surface area contributed by atoms with Gasteiger partial charge in [0.25, 0.3) is 0 Å². The molecule has 1 aliphatic carbocycles. The van der Waals surface area contributed by atoms with Gasteiger partial charge in [-0.05, 0) is 59.2 Å². The largest absolute Gasteiger partial charge is 0.357 e. The molecule has 0 radical (unpaired) electrons. The van der Waals surface area contributed by atoms with Gasteiger partial charge < -0.3 is 4.98 Å². The predicted molar refractivity (Wildman–Crippen MR) is 76.3 cm³/mol. The molecule has 1 aromatic carbocycles. The first-order valence-electron chi connectivity index (χ1n) is 6.28. The number of H-pyrrole nitrogens is 1. The lowest BCUT2D eigenvalue weighted by Crippen LogP contribution is -2.04. The number of para-hydroxylation sites is 1. The summed E-state index contributed by atoms with van der Waals surface area (Å²) in [6.45, 7) is 2.13. The predicted octanol–water partition coefficient (Wildman–Crippen LogP) is 4.48. The summed E-state index contributed by atoms with van der Waals surface area (Å²) in [5.41, 5.74) is 4.06. The monoisotopic (exact) mass is 302 g/mol. The van der Waals surface area contributed by atoms with Crippen LogP contribution in [-0.2, 0) is 6.42 Å². The van der Waals surface area contributed by atoms with Crippen molar-refractivity contribution >= 4 is 26.8 Å². The van der Waals surface area contributed by atoms with Crippen molar-refractivity contribution in [2.45, 2.75) is 32.6 Å². The maximum absolute atomic E-state index is 8.93. The number of nitriles is 1. The Morgan fingerprint density at radius 1 is 1.44 bits per heavy atom. The van der Waals surface area contributed by atoms with Gasteiger partial charge in [-0.3, -0.25) is 0 Å². The molecule has 1 aliphatic rings. The lowest BCUT2D eigenvalue weighted by Gasteiger charge is -2.11. The fourth-order valence-corrected chi connectivity index (χ4v) is 3.20. The lowest BCUT2D eigenvalue weighted by molar-refractivity contribution is 0.522. The van der Waals surface area contributed by atoms with Crippen molar-refractivity contribution in [1.82, 2.24) is 4.98 Å². The van der Waals surface area contributed by atoms with E-state index in [9.17, 15) is 0 Å². The molecule has 2 nitrogen and oxygen atoms in total. The SMILES string of the molecule is Cc1[nH]c2c(Br)cccc2c1CC1(CC#N)CC1. The van der Waals surface area contributed by atoms with E-state index in [1.54, 1.807) is 0 Å². The topological polar surface area (TPSA) is 39.6 Å². The van der Waals surface area contributed by atoms with Crippen molar-refractivity contribution in [2.24, 2.45) is 5.41 Å². The van der Waals surface area contributed by atoms with Crippen LogP contribution in [-0.4, -0.2) is 4.98 Å². The molecule has 1 heterocycles. The van der Waals surface area contributed by atoms with Crippen molar-refractivity contribution in [3.63, 3.8) is 0 Å². The van der Waals surface area contributed by atoms with Crippen LogP contribution in [0.15, 0.2) is 22.7 Å². The molecular formula is C15H15BrN2. The molecule has 0 aliphatic heterocycles. The minimum Gasteiger partial charge on any atom is -0.357 e. The summed E-state index contributed by atoms with van der Waals surface area (Å²) in [5, 5.41) is 10.2. The van der Waals surface area contributed by atoms with Crippen LogP contribution < -0.4 is 0 Å². The van der Waals surface area contributed by atoms with Gasteiger partial charge in [0.2, 0.25) is 0 Å². The average Bonchev–Trinajstić information content (AvgIpc) is 3.02. The molecule has 1 aromatic heterocycles. The zero-order valence-electron chi connectivity index (χ0n) is 10.4. The molecule has 92 valence electrons. The van der Waals surface area contributed by atoms with Crippen molar-refractivity contribution in [3.05, 3.63) is 33.9 Å². The summed E-state index contributed by atoms with van der Waals surface area (Å²) in [6, 6.07) is 8.65. The van der Waals surface area contributed by atoms with Crippen LogP contribution in [0.3, 0.4) is 0 Å². The maximum Gasteiger partial charge on any atom is 0.0627 e. The van der Waals surface area contributed by atoms with Crippen molar-refractivity contribution in [2.75, 3.05) is 0 Å². The molecule has 1 N–H and O–H groups in total. The quantitative estimate of drug-likeness (QED) is 0.892. The van der Waals surface area contributed by atoms with Crippen LogP contribution in [0.5, 0.6) is 0 Å². The molecule has 2 aromatic rings. The molecule has 18 heavy (non-hydrogen) atoms. The summed E-state index contributed by atoms with van der Waals surface area (Å²) in [4.78, 5) is 3.46. The van der Waals surface area contributed by atoms with Gasteiger partial charge in [0, 0.05) is 22.0 Å². The van der Waals surface area contributed by atoms with Gasteiger partial charge in [0.1, 0.15) is 0 Å². The minimum atomic E-state index is 0.261. The third-order valence-electron chi connectivity index (χ3n) is 4.07. The number of aryl methyl sites for hydroxylation is 1. The normalized spacial score (nSPS) is 16.7. The molecule has 0 bridgehead atoms. The fraction of sp³-hybridized carbons (Fsp3) is 0.400. The average molecular weight is 303 g/mol. The summed E-state index contributed by atoms with van der Waals surface area (Å²) in [7, 11) is 0. The van der Waals surface area contributed by atoms with Gasteiger partial charge in [0.05, 0.1) is 11.6 Å². The highest BCUT2D eigenvalue weighted by Crippen LogP contribution is 2.52. The first-order valence-corrected chi connectivity index (χ1v) is 7.07. The van der Waals surface area contributed by atoms with Gasteiger partial charge in [-0.25, -0.2) is 0 Å². The van der Waals surface area contributed by atoms with Gasteiger partial charge in [-0.1, -0.05) is 12.1 Å². The molecular weight excluding hydrogens is 288 g/mol. The molecule has 0 amide bonds. The number of nitrogens with one attached hydrogen (secondary N) is 1. The molecule has 1 saturated carbocycles. The van der Waals surface area contributed by atoms with E-state index in [0.29, 0.717) is 6.42 Å². The van der Waals surface area contributed by atoms with Crippen LogP contribution >= 0.6 is 15.9 Å². The summed E-state index contributed by atoms with van der Waals surface area (Å²) in [6.07, 6.45) is 4.11. The van der Waals surface area contributed by atoms with Crippen LogP contribution in [0, 0.1) is 23.7 Å².